The van der Waals surface area contributed by atoms with Crippen molar-refractivity contribution >= 4 is 11.9 Å². The summed E-state index contributed by atoms with van der Waals surface area (Å²) in [4.78, 5) is 25.2. The van der Waals surface area contributed by atoms with Crippen LogP contribution in [0.2, 0.25) is 0 Å². The second-order valence-corrected chi connectivity index (χ2v) is 13.3. The number of hydrogen-bond acceptors (Lipinski definition) is 9. The van der Waals surface area contributed by atoms with E-state index in [1.54, 1.807) is 0 Å². The molecule has 0 radical (unpaired) electrons. The first kappa shape index (κ1) is 50.7. The fourth-order valence-corrected chi connectivity index (χ4v) is 5.07. The quantitative estimate of drug-likeness (QED) is 0.0284. The largest absolute Gasteiger partial charge is 0.465 e. The average Bonchev–Trinajstić information content (AvgIpc) is 3.16. The van der Waals surface area contributed by atoms with E-state index in [-0.39, 0.29) is 32.7 Å². The number of ether oxygens (including phenoxy) is 6. The van der Waals surface area contributed by atoms with Crippen LogP contribution in [-0.4, -0.2) is 75.9 Å². The van der Waals surface area contributed by atoms with E-state index in [0.29, 0.717) is 39.3 Å². The van der Waals surface area contributed by atoms with Crippen molar-refractivity contribution in [3.8, 4) is 0 Å². The first-order valence-corrected chi connectivity index (χ1v) is 21.0. The van der Waals surface area contributed by atoms with Crippen LogP contribution in [0.1, 0.15) is 156 Å². The summed E-state index contributed by atoms with van der Waals surface area (Å²) in [6, 6.07) is 0. The van der Waals surface area contributed by atoms with Crippen LogP contribution in [-0.2, 0) is 38.0 Å². The molecule has 0 saturated heterocycles. The van der Waals surface area contributed by atoms with E-state index < -0.39 is 30.4 Å². The molecule has 0 unspecified atom stereocenters. The van der Waals surface area contributed by atoms with Gasteiger partial charge in [0.2, 0.25) is 0 Å². The van der Waals surface area contributed by atoms with Crippen molar-refractivity contribution in [1.29, 1.82) is 0 Å². The van der Waals surface area contributed by atoms with Crippen molar-refractivity contribution < 1.29 is 43.1 Å². The van der Waals surface area contributed by atoms with E-state index in [0.717, 1.165) is 103 Å². The SMILES string of the molecule is CC/C=C\CCCCOC(CCC(=O)OCC(CO)COC(=O)CCC(OCCCC/C=C\CC)OCCCC/C=C\CC)OCCCC/C=C\CC. The summed E-state index contributed by atoms with van der Waals surface area (Å²) < 4.78 is 34.9. The molecule has 308 valence electrons. The van der Waals surface area contributed by atoms with Gasteiger partial charge in [0.1, 0.15) is 0 Å². The number of hydrogen-bond donors (Lipinski definition) is 1. The standard InChI is InChI=1S/C44H78O9/c1-5-9-13-17-21-25-33-48-43(49-34-26-22-18-14-10-6-2)31-29-41(46)52-38-40(37-45)39-53-42(47)30-32-44(50-35-27-23-19-15-11-7-3)51-36-28-24-20-16-12-8-4/h9-16,40,43-45H,5-8,17-39H2,1-4H3/b13-9-,14-10-,15-11-,16-12-. The number of allylic oxidation sites excluding steroid dienone is 8. The maximum Gasteiger partial charge on any atom is 0.305 e. The van der Waals surface area contributed by atoms with Crippen LogP contribution >= 0.6 is 0 Å². The second kappa shape index (κ2) is 40.9. The predicted octanol–water partition coefficient (Wildman–Crippen LogP) is 10.5. The highest BCUT2D eigenvalue weighted by molar-refractivity contribution is 5.69. The molecule has 0 saturated carbocycles. The van der Waals surface area contributed by atoms with E-state index in [1.807, 2.05) is 0 Å². The lowest BCUT2D eigenvalue weighted by molar-refractivity contribution is -0.163. The van der Waals surface area contributed by atoms with E-state index in [1.165, 1.54) is 0 Å². The van der Waals surface area contributed by atoms with Crippen LogP contribution in [0, 0.1) is 5.92 Å². The Morgan fingerprint density at radius 3 is 1.04 bits per heavy atom. The van der Waals surface area contributed by atoms with Crippen LogP contribution in [0.5, 0.6) is 0 Å². The van der Waals surface area contributed by atoms with E-state index in [2.05, 4.69) is 76.3 Å². The molecule has 0 spiro atoms. The minimum absolute atomic E-state index is 0.0404. The topological polar surface area (TPSA) is 110 Å². The van der Waals surface area contributed by atoms with Crippen LogP contribution in [0.15, 0.2) is 48.6 Å². The van der Waals surface area contributed by atoms with E-state index in [4.69, 9.17) is 28.4 Å². The van der Waals surface area contributed by atoms with Crippen molar-refractivity contribution in [1.82, 2.24) is 0 Å². The fraction of sp³-hybridized carbons (Fsp3) is 0.773. The number of esters is 2. The highest BCUT2D eigenvalue weighted by Crippen LogP contribution is 2.13. The number of carbonyl (C=O) groups excluding carboxylic acids is 2. The van der Waals surface area contributed by atoms with Crippen LogP contribution in [0.4, 0.5) is 0 Å². The van der Waals surface area contributed by atoms with Gasteiger partial charge in [-0.1, -0.05) is 76.3 Å². The van der Waals surface area contributed by atoms with Gasteiger partial charge in [0.15, 0.2) is 12.6 Å². The molecule has 0 bridgehead atoms. The summed E-state index contributed by atoms with van der Waals surface area (Å²) in [6.45, 7) is 10.4. The first-order chi connectivity index (χ1) is 26.0. The summed E-state index contributed by atoms with van der Waals surface area (Å²) in [5.41, 5.74) is 0. The molecule has 0 aliphatic heterocycles. The smallest absolute Gasteiger partial charge is 0.305 e. The van der Waals surface area contributed by atoms with Crippen molar-refractivity contribution in [3.05, 3.63) is 48.6 Å². The normalized spacial score (nSPS) is 12.3. The molecule has 53 heavy (non-hydrogen) atoms. The maximum absolute atomic E-state index is 12.6. The van der Waals surface area contributed by atoms with Crippen LogP contribution < -0.4 is 0 Å². The van der Waals surface area contributed by atoms with Gasteiger partial charge in [-0.25, -0.2) is 0 Å². The highest BCUT2D eigenvalue weighted by atomic mass is 16.7. The molecule has 9 nitrogen and oxygen atoms in total. The Morgan fingerprint density at radius 1 is 0.472 bits per heavy atom. The van der Waals surface area contributed by atoms with Crippen molar-refractivity contribution in [2.45, 2.75) is 169 Å². The Kier molecular flexibility index (Phi) is 39.1. The summed E-state index contributed by atoms with van der Waals surface area (Å²) in [7, 11) is 0. The summed E-state index contributed by atoms with van der Waals surface area (Å²) in [6.07, 6.45) is 33.7. The van der Waals surface area contributed by atoms with E-state index >= 15 is 0 Å². The second-order valence-electron chi connectivity index (χ2n) is 13.3. The third-order valence-corrected chi connectivity index (χ3v) is 8.27. The number of aliphatic hydroxyl groups excluding tert-OH is 1. The van der Waals surface area contributed by atoms with Gasteiger partial charge in [-0.05, 0) is 103 Å². The lowest BCUT2D eigenvalue weighted by atomic mass is 10.2. The zero-order valence-electron chi connectivity index (χ0n) is 34.2. The Hall–Kier alpha value is -2.30. The maximum atomic E-state index is 12.6. The molecule has 0 heterocycles. The van der Waals surface area contributed by atoms with Gasteiger partial charge in [-0.2, -0.15) is 0 Å². The molecule has 0 aromatic heterocycles. The van der Waals surface area contributed by atoms with Gasteiger partial charge >= 0.3 is 11.9 Å². The minimum atomic E-state index is -0.512. The predicted molar refractivity (Wildman–Crippen MR) is 215 cm³/mol. The number of aliphatic hydroxyl groups is 1. The fourth-order valence-electron chi connectivity index (χ4n) is 5.07. The molecule has 1 N–H and O–H groups in total. The molecule has 0 aliphatic rings. The van der Waals surface area contributed by atoms with Gasteiger partial charge in [0, 0.05) is 39.3 Å². The molecule has 0 rings (SSSR count). The Labute approximate surface area is 323 Å². The Balaban J connectivity index is 4.65. The number of rotatable bonds is 39. The molecular weight excluding hydrogens is 672 g/mol. The molecule has 0 aromatic carbocycles. The number of carbonyl (C=O) groups is 2. The van der Waals surface area contributed by atoms with Crippen molar-refractivity contribution in [2.24, 2.45) is 5.92 Å². The third-order valence-electron chi connectivity index (χ3n) is 8.27. The summed E-state index contributed by atoms with van der Waals surface area (Å²) in [5, 5.41) is 9.86. The first-order valence-electron chi connectivity index (χ1n) is 21.0. The Bertz CT molecular complexity index is 810. The van der Waals surface area contributed by atoms with Gasteiger partial charge < -0.3 is 33.5 Å². The lowest BCUT2D eigenvalue weighted by Gasteiger charge is -2.20. The lowest BCUT2D eigenvalue weighted by Crippen LogP contribution is -2.25. The molecular formula is C44H78O9. The molecule has 0 atom stereocenters. The zero-order valence-corrected chi connectivity index (χ0v) is 34.2. The van der Waals surface area contributed by atoms with Crippen molar-refractivity contribution in [3.63, 3.8) is 0 Å². The molecule has 0 aliphatic carbocycles. The summed E-state index contributed by atoms with van der Waals surface area (Å²) >= 11 is 0. The number of unbranched alkanes of at least 4 members (excludes halogenated alkanes) is 8. The highest BCUT2D eigenvalue weighted by Gasteiger charge is 2.18. The monoisotopic (exact) mass is 751 g/mol. The minimum Gasteiger partial charge on any atom is -0.465 e. The molecule has 0 fully saturated rings. The van der Waals surface area contributed by atoms with Gasteiger partial charge in [0.25, 0.3) is 0 Å². The average molecular weight is 751 g/mol. The van der Waals surface area contributed by atoms with Gasteiger partial charge in [0.05, 0.1) is 38.6 Å². The Morgan fingerprint density at radius 2 is 0.774 bits per heavy atom. The van der Waals surface area contributed by atoms with Crippen LogP contribution in [0.25, 0.3) is 0 Å². The third kappa shape index (κ3) is 36.4. The van der Waals surface area contributed by atoms with Crippen molar-refractivity contribution in [2.75, 3.05) is 46.2 Å². The van der Waals surface area contributed by atoms with Gasteiger partial charge in [-0.15, -0.1) is 0 Å². The molecule has 9 heteroatoms. The van der Waals surface area contributed by atoms with Gasteiger partial charge in [-0.3, -0.25) is 9.59 Å². The zero-order chi connectivity index (χ0) is 38.9. The molecule has 0 aromatic rings. The van der Waals surface area contributed by atoms with Crippen LogP contribution in [0.3, 0.4) is 0 Å². The van der Waals surface area contributed by atoms with E-state index in [9.17, 15) is 14.7 Å². The summed E-state index contributed by atoms with van der Waals surface area (Å²) in [5.74, 6) is -1.32. The molecule has 0 amide bonds.